The van der Waals surface area contributed by atoms with E-state index >= 15 is 0 Å². The molecule has 1 aliphatic heterocycles. The van der Waals surface area contributed by atoms with Crippen LogP contribution in [0.4, 0.5) is 10.1 Å². The topological polar surface area (TPSA) is 106 Å². The molecule has 9 heteroatoms. The molecule has 1 heterocycles. The molecule has 1 fully saturated rings. The molecule has 1 atom stereocenters. The Labute approximate surface area is 117 Å². The van der Waals surface area contributed by atoms with E-state index < -0.39 is 25.7 Å². The van der Waals surface area contributed by atoms with Crippen molar-refractivity contribution < 1.29 is 21.2 Å². The van der Waals surface area contributed by atoms with Gasteiger partial charge in [-0.05, 0) is 30.5 Å². The van der Waals surface area contributed by atoms with Crippen LogP contribution in [0.5, 0.6) is 0 Å². The first-order valence-electron chi connectivity index (χ1n) is 5.94. The zero-order valence-corrected chi connectivity index (χ0v) is 12.2. The Balaban J connectivity index is 2.04. The normalized spacial score (nSPS) is 21.8. The van der Waals surface area contributed by atoms with Crippen molar-refractivity contribution in [1.29, 1.82) is 0 Å². The van der Waals surface area contributed by atoms with Crippen LogP contribution in [0.2, 0.25) is 0 Å². The highest BCUT2D eigenvalue weighted by Gasteiger charge is 2.27. The van der Waals surface area contributed by atoms with E-state index in [1.807, 2.05) is 0 Å². The fourth-order valence-electron chi connectivity index (χ4n) is 2.10. The van der Waals surface area contributed by atoms with Crippen molar-refractivity contribution in [3.8, 4) is 0 Å². The third-order valence-corrected chi connectivity index (χ3v) is 5.92. The number of primary sulfonamides is 1. The number of hydrogen-bond donors (Lipinski definition) is 2. The smallest absolute Gasteiger partial charge is 0.238 e. The molecular formula is C11H15FN2O4S2. The molecule has 0 saturated carbocycles. The van der Waals surface area contributed by atoms with Crippen LogP contribution < -0.4 is 10.5 Å². The molecule has 1 aromatic carbocycles. The number of anilines is 1. The van der Waals surface area contributed by atoms with Gasteiger partial charge in [0.1, 0.15) is 5.82 Å². The van der Waals surface area contributed by atoms with Gasteiger partial charge in [0.25, 0.3) is 0 Å². The number of nitrogens with two attached hydrogens (primary N) is 1. The lowest BCUT2D eigenvalue weighted by molar-refractivity contribution is 0.588. The summed E-state index contributed by atoms with van der Waals surface area (Å²) in [4.78, 5) is -0.302. The molecule has 0 amide bonds. The first-order chi connectivity index (χ1) is 9.17. The van der Waals surface area contributed by atoms with Crippen molar-refractivity contribution in [3.63, 3.8) is 0 Å². The molecule has 2 rings (SSSR count). The predicted molar refractivity (Wildman–Crippen MR) is 73.0 cm³/mol. The van der Waals surface area contributed by atoms with E-state index in [9.17, 15) is 21.2 Å². The van der Waals surface area contributed by atoms with E-state index in [1.165, 1.54) is 12.1 Å². The molecule has 1 unspecified atom stereocenters. The van der Waals surface area contributed by atoms with Crippen molar-refractivity contribution >= 4 is 25.5 Å². The van der Waals surface area contributed by atoms with Crippen LogP contribution in [0.1, 0.15) is 6.42 Å². The van der Waals surface area contributed by atoms with Crippen molar-refractivity contribution in [2.24, 2.45) is 11.1 Å². The maximum absolute atomic E-state index is 13.7. The Morgan fingerprint density at radius 2 is 2.10 bits per heavy atom. The second kappa shape index (κ2) is 5.30. The lowest BCUT2D eigenvalue weighted by Crippen LogP contribution is -2.17. The van der Waals surface area contributed by atoms with Gasteiger partial charge in [-0.3, -0.25) is 0 Å². The van der Waals surface area contributed by atoms with Crippen LogP contribution >= 0.6 is 0 Å². The van der Waals surface area contributed by atoms with Crippen LogP contribution in [0.25, 0.3) is 0 Å². The largest absolute Gasteiger partial charge is 0.382 e. The maximum Gasteiger partial charge on any atom is 0.238 e. The number of nitrogens with one attached hydrogen (secondary N) is 1. The van der Waals surface area contributed by atoms with E-state index in [0.29, 0.717) is 13.0 Å². The molecule has 112 valence electrons. The quantitative estimate of drug-likeness (QED) is 0.830. The van der Waals surface area contributed by atoms with Gasteiger partial charge in [0.05, 0.1) is 22.1 Å². The molecule has 1 aromatic rings. The molecule has 0 bridgehead atoms. The van der Waals surface area contributed by atoms with Crippen molar-refractivity contribution in [2.45, 2.75) is 11.3 Å². The molecule has 0 spiro atoms. The van der Waals surface area contributed by atoms with Crippen LogP contribution in [-0.2, 0) is 19.9 Å². The summed E-state index contributed by atoms with van der Waals surface area (Å²) in [5.74, 6) is -0.544. The monoisotopic (exact) mass is 322 g/mol. The van der Waals surface area contributed by atoms with Crippen LogP contribution in [0.15, 0.2) is 23.1 Å². The Bertz CT molecular complexity index is 716. The molecule has 1 saturated heterocycles. The summed E-state index contributed by atoms with van der Waals surface area (Å²) in [5.41, 5.74) is 0.127. The number of sulfonamides is 1. The van der Waals surface area contributed by atoms with Gasteiger partial charge < -0.3 is 5.32 Å². The molecule has 0 aliphatic carbocycles. The minimum Gasteiger partial charge on any atom is -0.382 e. The summed E-state index contributed by atoms with van der Waals surface area (Å²) >= 11 is 0. The van der Waals surface area contributed by atoms with Gasteiger partial charge in [0.15, 0.2) is 9.84 Å². The molecule has 0 aromatic heterocycles. The van der Waals surface area contributed by atoms with Gasteiger partial charge in [-0.15, -0.1) is 0 Å². The Morgan fingerprint density at radius 3 is 2.60 bits per heavy atom. The van der Waals surface area contributed by atoms with E-state index in [-0.39, 0.29) is 28.0 Å². The fraction of sp³-hybridized carbons (Fsp3) is 0.455. The molecular weight excluding hydrogens is 307 g/mol. The number of rotatable bonds is 4. The number of benzene rings is 1. The fourth-order valence-corrected chi connectivity index (χ4v) is 4.49. The average molecular weight is 322 g/mol. The second-order valence-electron chi connectivity index (χ2n) is 4.84. The first kappa shape index (κ1) is 15.2. The van der Waals surface area contributed by atoms with E-state index in [0.717, 1.165) is 6.07 Å². The third-order valence-electron chi connectivity index (χ3n) is 3.18. The van der Waals surface area contributed by atoms with Gasteiger partial charge in [-0.1, -0.05) is 0 Å². The molecule has 6 nitrogen and oxygen atoms in total. The van der Waals surface area contributed by atoms with Crippen LogP contribution in [0, 0.1) is 11.7 Å². The summed E-state index contributed by atoms with van der Waals surface area (Å²) in [6, 6.07) is 3.31. The lowest BCUT2D eigenvalue weighted by atomic mass is 10.1. The predicted octanol–water partition coefficient (Wildman–Crippen LogP) is 0.320. The average Bonchev–Trinajstić information content (AvgIpc) is 2.66. The van der Waals surface area contributed by atoms with Crippen molar-refractivity contribution in [2.75, 3.05) is 23.4 Å². The zero-order chi connectivity index (χ0) is 15.0. The molecule has 0 radical (unpaired) electrons. The van der Waals surface area contributed by atoms with Gasteiger partial charge in [0, 0.05) is 6.54 Å². The summed E-state index contributed by atoms with van der Waals surface area (Å²) in [5, 5.41) is 7.69. The van der Waals surface area contributed by atoms with E-state index in [2.05, 4.69) is 5.32 Å². The Kier molecular flexibility index (Phi) is 4.03. The highest BCUT2D eigenvalue weighted by atomic mass is 32.2. The first-order valence-corrected chi connectivity index (χ1v) is 9.31. The zero-order valence-electron chi connectivity index (χ0n) is 10.5. The van der Waals surface area contributed by atoms with Crippen molar-refractivity contribution in [3.05, 3.63) is 24.0 Å². The second-order valence-corrected chi connectivity index (χ2v) is 8.63. The number of halogens is 1. The SMILES string of the molecule is NS(=O)(=O)c1ccc(NCC2CCS(=O)(=O)C2)c(F)c1. The Hall–Kier alpha value is -1.19. The lowest BCUT2D eigenvalue weighted by Gasteiger charge is -2.12. The number of hydrogen-bond acceptors (Lipinski definition) is 5. The minimum atomic E-state index is -3.94. The Morgan fingerprint density at radius 1 is 1.40 bits per heavy atom. The minimum absolute atomic E-state index is 0.0580. The summed E-state index contributed by atoms with van der Waals surface area (Å²) in [6.45, 7) is 0.324. The van der Waals surface area contributed by atoms with Crippen LogP contribution in [0.3, 0.4) is 0 Å². The van der Waals surface area contributed by atoms with Gasteiger partial charge in [0.2, 0.25) is 10.0 Å². The van der Waals surface area contributed by atoms with Gasteiger partial charge >= 0.3 is 0 Å². The van der Waals surface area contributed by atoms with E-state index in [4.69, 9.17) is 5.14 Å². The summed E-state index contributed by atoms with van der Waals surface area (Å²) in [6.07, 6.45) is 0.548. The van der Waals surface area contributed by atoms with Crippen LogP contribution in [-0.4, -0.2) is 34.9 Å². The standard InChI is InChI=1S/C11H15FN2O4S2/c12-10-5-9(20(13,17)18)1-2-11(10)14-6-8-3-4-19(15,16)7-8/h1-2,5,8,14H,3-4,6-7H2,(H2,13,17,18). The van der Waals surface area contributed by atoms with Gasteiger partial charge in [-0.25, -0.2) is 26.4 Å². The maximum atomic E-state index is 13.7. The van der Waals surface area contributed by atoms with Crippen molar-refractivity contribution in [1.82, 2.24) is 0 Å². The summed E-state index contributed by atoms with van der Waals surface area (Å²) < 4.78 is 58.4. The molecule has 1 aliphatic rings. The molecule has 3 N–H and O–H groups in total. The van der Waals surface area contributed by atoms with Gasteiger partial charge in [-0.2, -0.15) is 0 Å². The summed E-state index contributed by atoms with van der Waals surface area (Å²) in [7, 11) is -6.90. The highest BCUT2D eigenvalue weighted by Crippen LogP contribution is 2.22. The number of sulfone groups is 1. The third kappa shape index (κ3) is 3.68. The molecule has 20 heavy (non-hydrogen) atoms. The van der Waals surface area contributed by atoms with E-state index in [1.54, 1.807) is 0 Å². The highest BCUT2D eigenvalue weighted by molar-refractivity contribution is 7.91.